The molecule has 0 bridgehead atoms. The van der Waals surface area contributed by atoms with E-state index in [2.05, 4.69) is 63.4 Å². The SMILES string of the molecule is c1ccc(N(Cc2ccncc2)Cc2ccncc2)cc1. The number of anilines is 1. The summed E-state index contributed by atoms with van der Waals surface area (Å²) in [7, 11) is 0. The fourth-order valence-electron chi connectivity index (χ4n) is 2.29. The van der Waals surface area contributed by atoms with E-state index in [0.717, 1.165) is 13.1 Å². The molecule has 21 heavy (non-hydrogen) atoms. The second kappa shape index (κ2) is 6.66. The lowest BCUT2D eigenvalue weighted by molar-refractivity contribution is 0.797. The number of nitrogens with zero attached hydrogens (tertiary/aromatic N) is 3. The lowest BCUT2D eigenvalue weighted by Gasteiger charge is -2.25. The molecule has 0 radical (unpaired) electrons. The van der Waals surface area contributed by atoms with E-state index >= 15 is 0 Å². The molecular weight excluding hydrogens is 258 g/mol. The van der Waals surface area contributed by atoms with Crippen LogP contribution in [0.2, 0.25) is 0 Å². The van der Waals surface area contributed by atoms with Crippen molar-refractivity contribution in [2.45, 2.75) is 13.1 Å². The molecule has 0 aliphatic heterocycles. The predicted molar refractivity (Wildman–Crippen MR) is 84.8 cm³/mol. The van der Waals surface area contributed by atoms with Crippen molar-refractivity contribution in [1.29, 1.82) is 0 Å². The Morgan fingerprint density at radius 3 is 1.57 bits per heavy atom. The van der Waals surface area contributed by atoms with Gasteiger partial charge in [0.05, 0.1) is 0 Å². The smallest absolute Gasteiger partial charge is 0.0434 e. The number of aromatic nitrogens is 2. The molecule has 0 N–H and O–H groups in total. The van der Waals surface area contributed by atoms with E-state index in [1.165, 1.54) is 16.8 Å². The van der Waals surface area contributed by atoms with Crippen molar-refractivity contribution in [3.05, 3.63) is 90.5 Å². The van der Waals surface area contributed by atoms with Crippen LogP contribution in [0, 0.1) is 0 Å². The molecule has 2 aromatic heterocycles. The molecule has 0 unspecified atom stereocenters. The third-order valence-electron chi connectivity index (χ3n) is 3.37. The van der Waals surface area contributed by atoms with Gasteiger partial charge in [0, 0.05) is 43.6 Å². The van der Waals surface area contributed by atoms with E-state index in [0.29, 0.717) is 0 Å². The summed E-state index contributed by atoms with van der Waals surface area (Å²) >= 11 is 0. The van der Waals surface area contributed by atoms with Crippen molar-refractivity contribution < 1.29 is 0 Å². The molecular formula is C18H17N3. The highest BCUT2D eigenvalue weighted by molar-refractivity contribution is 5.47. The lowest BCUT2D eigenvalue weighted by atomic mass is 10.2. The summed E-state index contributed by atoms with van der Waals surface area (Å²) in [6.07, 6.45) is 7.35. The lowest BCUT2D eigenvalue weighted by Crippen LogP contribution is -2.22. The average molecular weight is 275 g/mol. The van der Waals surface area contributed by atoms with Crippen molar-refractivity contribution >= 4 is 5.69 Å². The minimum Gasteiger partial charge on any atom is -0.363 e. The molecule has 0 fully saturated rings. The summed E-state index contributed by atoms with van der Waals surface area (Å²) < 4.78 is 0. The summed E-state index contributed by atoms with van der Waals surface area (Å²) in [5.41, 5.74) is 3.72. The minimum atomic E-state index is 0.856. The Labute approximate surface area is 124 Å². The first kappa shape index (κ1) is 13.3. The Hall–Kier alpha value is -2.68. The first-order valence-corrected chi connectivity index (χ1v) is 6.99. The number of hydrogen-bond acceptors (Lipinski definition) is 3. The van der Waals surface area contributed by atoms with Gasteiger partial charge in [0.25, 0.3) is 0 Å². The Morgan fingerprint density at radius 2 is 1.10 bits per heavy atom. The van der Waals surface area contributed by atoms with Crippen LogP contribution in [0.25, 0.3) is 0 Å². The van der Waals surface area contributed by atoms with Crippen LogP contribution in [0.1, 0.15) is 11.1 Å². The van der Waals surface area contributed by atoms with E-state index in [-0.39, 0.29) is 0 Å². The van der Waals surface area contributed by atoms with Gasteiger partial charge in [-0.3, -0.25) is 9.97 Å². The molecule has 0 saturated heterocycles. The number of benzene rings is 1. The van der Waals surface area contributed by atoms with Gasteiger partial charge in [-0.2, -0.15) is 0 Å². The Morgan fingerprint density at radius 1 is 0.619 bits per heavy atom. The maximum Gasteiger partial charge on any atom is 0.0434 e. The van der Waals surface area contributed by atoms with Gasteiger partial charge in [0.1, 0.15) is 0 Å². The molecule has 1 aromatic carbocycles. The third kappa shape index (κ3) is 3.66. The maximum atomic E-state index is 4.08. The Balaban J connectivity index is 1.84. The minimum absolute atomic E-state index is 0.856. The Bertz CT molecular complexity index is 612. The third-order valence-corrected chi connectivity index (χ3v) is 3.37. The van der Waals surface area contributed by atoms with Crippen LogP contribution in [0.5, 0.6) is 0 Å². The van der Waals surface area contributed by atoms with Gasteiger partial charge in [-0.1, -0.05) is 18.2 Å². The molecule has 2 heterocycles. The van der Waals surface area contributed by atoms with Gasteiger partial charge < -0.3 is 4.90 Å². The zero-order valence-electron chi connectivity index (χ0n) is 11.8. The zero-order valence-corrected chi connectivity index (χ0v) is 11.8. The van der Waals surface area contributed by atoms with E-state index in [9.17, 15) is 0 Å². The van der Waals surface area contributed by atoms with Crippen LogP contribution in [0.4, 0.5) is 5.69 Å². The molecule has 3 aromatic rings. The van der Waals surface area contributed by atoms with Crippen molar-refractivity contribution in [1.82, 2.24) is 9.97 Å². The van der Waals surface area contributed by atoms with Crippen molar-refractivity contribution in [2.24, 2.45) is 0 Å². The summed E-state index contributed by atoms with van der Waals surface area (Å²) in [5, 5.41) is 0. The summed E-state index contributed by atoms with van der Waals surface area (Å²) in [6.45, 7) is 1.71. The van der Waals surface area contributed by atoms with Gasteiger partial charge in [-0.05, 0) is 47.5 Å². The summed E-state index contributed by atoms with van der Waals surface area (Å²) in [5.74, 6) is 0. The number of pyridine rings is 2. The first-order chi connectivity index (χ1) is 10.4. The summed E-state index contributed by atoms with van der Waals surface area (Å²) in [4.78, 5) is 10.5. The van der Waals surface area contributed by atoms with E-state index < -0.39 is 0 Å². The molecule has 0 amide bonds. The highest BCUT2D eigenvalue weighted by Gasteiger charge is 2.08. The van der Waals surface area contributed by atoms with Crippen LogP contribution in [0.15, 0.2) is 79.4 Å². The molecule has 104 valence electrons. The van der Waals surface area contributed by atoms with Crippen molar-refractivity contribution in [3.63, 3.8) is 0 Å². The first-order valence-electron chi connectivity index (χ1n) is 6.99. The maximum absolute atomic E-state index is 4.08. The normalized spacial score (nSPS) is 10.3. The number of hydrogen-bond donors (Lipinski definition) is 0. The fourth-order valence-corrected chi connectivity index (χ4v) is 2.29. The van der Waals surface area contributed by atoms with Gasteiger partial charge in [0.2, 0.25) is 0 Å². The fraction of sp³-hybridized carbons (Fsp3) is 0.111. The highest BCUT2D eigenvalue weighted by atomic mass is 15.1. The molecule has 0 aliphatic carbocycles. The van der Waals surface area contributed by atoms with Gasteiger partial charge in [0.15, 0.2) is 0 Å². The second-order valence-electron chi connectivity index (χ2n) is 4.90. The number of rotatable bonds is 5. The molecule has 3 rings (SSSR count). The zero-order chi connectivity index (χ0) is 14.3. The monoisotopic (exact) mass is 275 g/mol. The standard InChI is InChI=1S/C18H17N3/c1-2-4-18(5-3-1)21(14-16-6-10-19-11-7-16)15-17-8-12-20-13-9-17/h1-13H,14-15H2. The van der Waals surface area contributed by atoms with Crippen molar-refractivity contribution in [3.8, 4) is 0 Å². The average Bonchev–Trinajstić information content (AvgIpc) is 2.57. The van der Waals surface area contributed by atoms with Crippen LogP contribution in [0.3, 0.4) is 0 Å². The molecule has 0 atom stereocenters. The van der Waals surface area contributed by atoms with Crippen LogP contribution < -0.4 is 4.90 Å². The summed E-state index contributed by atoms with van der Waals surface area (Å²) in [6, 6.07) is 18.7. The molecule has 3 heteroatoms. The van der Waals surface area contributed by atoms with Gasteiger partial charge in [-0.15, -0.1) is 0 Å². The second-order valence-corrected chi connectivity index (χ2v) is 4.90. The Kier molecular flexibility index (Phi) is 4.22. The topological polar surface area (TPSA) is 29.0 Å². The molecule has 0 spiro atoms. The van der Waals surface area contributed by atoms with Gasteiger partial charge in [-0.25, -0.2) is 0 Å². The van der Waals surface area contributed by atoms with E-state index in [4.69, 9.17) is 0 Å². The van der Waals surface area contributed by atoms with Crippen LogP contribution >= 0.6 is 0 Å². The van der Waals surface area contributed by atoms with Gasteiger partial charge >= 0.3 is 0 Å². The van der Waals surface area contributed by atoms with Crippen LogP contribution in [-0.4, -0.2) is 9.97 Å². The van der Waals surface area contributed by atoms with Crippen LogP contribution in [-0.2, 0) is 13.1 Å². The highest BCUT2D eigenvalue weighted by Crippen LogP contribution is 2.19. The molecule has 0 saturated carbocycles. The van der Waals surface area contributed by atoms with E-state index in [1.54, 1.807) is 0 Å². The van der Waals surface area contributed by atoms with Crippen molar-refractivity contribution in [2.75, 3.05) is 4.90 Å². The largest absolute Gasteiger partial charge is 0.363 e. The number of para-hydroxylation sites is 1. The van der Waals surface area contributed by atoms with E-state index in [1.807, 2.05) is 30.9 Å². The molecule has 3 nitrogen and oxygen atoms in total. The quantitative estimate of drug-likeness (QED) is 0.711. The predicted octanol–water partition coefficient (Wildman–Crippen LogP) is 3.68. The molecule has 0 aliphatic rings.